The summed E-state index contributed by atoms with van der Waals surface area (Å²) in [6, 6.07) is 31.7. The Morgan fingerprint density at radius 2 is 1.15 bits per heavy atom. The van der Waals surface area contributed by atoms with Crippen molar-refractivity contribution in [3.8, 4) is 11.3 Å². The van der Waals surface area contributed by atoms with Gasteiger partial charge in [0.1, 0.15) is 17.2 Å². The first-order chi connectivity index (χ1) is 16.7. The molecule has 0 saturated heterocycles. The summed E-state index contributed by atoms with van der Waals surface area (Å²) in [4.78, 5) is 16.0. The molecule has 0 aliphatic carbocycles. The first-order valence-electron chi connectivity index (χ1n) is 10.8. The number of carbonyl (C=O) groups is 1. The van der Waals surface area contributed by atoms with Crippen molar-refractivity contribution in [2.45, 2.75) is 5.54 Å². The standard InChI is InChI=1S/C29H20F2N2O/c30-25-16-17-26(31)28(24(25)19-34)27-18-33(20-32-27)29(21-10-4-1-5-11-21,22-12-6-2-7-13-22)23-14-8-3-9-15-23/h1-20H. The zero-order chi connectivity index (χ0) is 23.5. The van der Waals surface area contributed by atoms with Gasteiger partial charge >= 0.3 is 0 Å². The molecule has 5 rings (SSSR count). The first kappa shape index (κ1) is 21.5. The van der Waals surface area contributed by atoms with E-state index in [1.165, 1.54) is 0 Å². The van der Waals surface area contributed by atoms with E-state index in [1.807, 2.05) is 95.6 Å². The molecular weight excluding hydrogens is 430 g/mol. The number of hydrogen-bond donors (Lipinski definition) is 0. The fourth-order valence-electron chi connectivity index (χ4n) is 4.56. The van der Waals surface area contributed by atoms with Gasteiger partial charge in [0.2, 0.25) is 0 Å². The average Bonchev–Trinajstić information content (AvgIpc) is 3.37. The third kappa shape index (κ3) is 3.42. The number of benzene rings is 4. The number of rotatable bonds is 6. The third-order valence-corrected chi connectivity index (χ3v) is 6.06. The van der Waals surface area contributed by atoms with Crippen LogP contribution >= 0.6 is 0 Å². The maximum absolute atomic E-state index is 14.8. The van der Waals surface area contributed by atoms with Crippen molar-refractivity contribution in [3.05, 3.63) is 150 Å². The lowest BCUT2D eigenvalue weighted by Crippen LogP contribution is -2.36. The second-order valence-corrected chi connectivity index (χ2v) is 7.91. The number of carbonyl (C=O) groups excluding carboxylic acids is 1. The molecule has 0 bridgehead atoms. The summed E-state index contributed by atoms with van der Waals surface area (Å²) in [5.74, 6) is -1.50. The van der Waals surface area contributed by atoms with E-state index in [4.69, 9.17) is 0 Å². The molecule has 0 N–H and O–H groups in total. The second kappa shape index (κ2) is 8.87. The van der Waals surface area contributed by atoms with Crippen LogP contribution in [-0.4, -0.2) is 15.8 Å². The normalized spacial score (nSPS) is 11.4. The molecule has 0 fully saturated rings. The topological polar surface area (TPSA) is 34.9 Å². The zero-order valence-corrected chi connectivity index (χ0v) is 18.1. The molecule has 5 heteroatoms. The van der Waals surface area contributed by atoms with Crippen LogP contribution < -0.4 is 0 Å². The molecule has 4 aromatic carbocycles. The minimum absolute atomic E-state index is 0.156. The molecule has 5 aromatic rings. The van der Waals surface area contributed by atoms with E-state index in [0.717, 1.165) is 28.8 Å². The van der Waals surface area contributed by atoms with Crippen LogP contribution in [0.4, 0.5) is 8.78 Å². The third-order valence-electron chi connectivity index (χ3n) is 6.06. The molecule has 0 saturated carbocycles. The monoisotopic (exact) mass is 450 g/mol. The van der Waals surface area contributed by atoms with Gasteiger partial charge in [0.25, 0.3) is 0 Å². The Morgan fingerprint density at radius 1 is 0.676 bits per heavy atom. The molecule has 0 radical (unpaired) electrons. The van der Waals surface area contributed by atoms with E-state index < -0.39 is 17.2 Å². The Balaban J connectivity index is 1.84. The van der Waals surface area contributed by atoms with Crippen LogP contribution in [0.3, 0.4) is 0 Å². The lowest BCUT2D eigenvalue weighted by atomic mass is 9.77. The van der Waals surface area contributed by atoms with E-state index in [2.05, 4.69) is 4.98 Å². The fraction of sp³-hybridized carbons (Fsp3) is 0.0345. The summed E-state index contributed by atoms with van der Waals surface area (Å²) in [5, 5.41) is 0. The molecule has 0 unspecified atom stereocenters. The minimum atomic E-state index is -0.847. The number of nitrogens with zero attached hydrogens (tertiary/aromatic N) is 2. The van der Waals surface area contributed by atoms with Crippen molar-refractivity contribution >= 4 is 6.29 Å². The molecule has 166 valence electrons. The average molecular weight is 450 g/mol. The van der Waals surface area contributed by atoms with Gasteiger partial charge in [0, 0.05) is 6.20 Å². The predicted octanol–water partition coefficient (Wildman–Crippen LogP) is 6.48. The van der Waals surface area contributed by atoms with Crippen molar-refractivity contribution in [2.75, 3.05) is 0 Å². The van der Waals surface area contributed by atoms with Gasteiger partial charge in [-0.1, -0.05) is 91.0 Å². The Morgan fingerprint density at radius 3 is 1.62 bits per heavy atom. The van der Waals surface area contributed by atoms with Crippen LogP contribution in [0.15, 0.2) is 116 Å². The summed E-state index contributed by atoms with van der Waals surface area (Å²) in [5.41, 5.74) is 1.71. The van der Waals surface area contributed by atoms with Crippen LogP contribution in [0.1, 0.15) is 27.0 Å². The highest BCUT2D eigenvalue weighted by Gasteiger charge is 2.38. The Hall–Kier alpha value is -4.38. The molecule has 1 heterocycles. The van der Waals surface area contributed by atoms with Crippen molar-refractivity contribution < 1.29 is 13.6 Å². The summed E-state index contributed by atoms with van der Waals surface area (Å²) in [6.45, 7) is 0. The van der Waals surface area contributed by atoms with Gasteiger partial charge in [-0.05, 0) is 28.8 Å². The minimum Gasteiger partial charge on any atom is -0.318 e. The molecule has 0 atom stereocenters. The largest absolute Gasteiger partial charge is 0.318 e. The highest BCUT2D eigenvalue weighted by molar-refractivity contribution is 5.87. The van der Waals surface area contributed by atoms with Gasteiger partial charge in [-0.2, -0.15) is 0 Å². The predicted molar refractivity (Wildman–Crippen MR) is 128 cm³/mol. The SMILES string of the molecule is O=Cc1c(F)ccc(F)c1-c1cn(C(c2ccccc2)(c2ccccc2)c2ccccc2)cn1. The summed E-state index contributed by atoms with van der Waals surface area (Å²) in [6.07, 6.45) is 3.59. The quantitative estimate of drug-likeness (QED) is 0.219. The molecule has 0 aliphatic heterocycles. The molecule has 0 amide bonds. The summed E-state index contributed by atoms with van der Waals surface area (Å²) < 4.78 is 31.0. The van der Waals surface area contributed by atoms with E-state index in [0.29, 0.717) is 6.29 Å². The smallest absolute Gasteiger partial charge is 0.153 e. The Labute approximate surface area is 196 Å². The van der Waals surface area contributed by atoms with Crippen LogP contribution in [0.2, 0.25) is 0 Å². The number of aromatic nitrogens is 2. The fourth-order valence-corrected chi connectivity index (χ4v) is 4.56. The number of hydrogen-bond acceptors (Lipinski definition) is 2. The Kier molecular flexibility index (Phi) is 5.60. The van der Waals surface area contributed by atoms with Crippen LogP contribution in [0, 0.1) is 11.6 Å². The van der Waals surface area contributed by atoms with Crippen LogP contribution in [0.5, 0.6) is 0 Å². The highest BCUT2D eigenvalue weighted by atomic mass is 19.1. The van der Waals surface area contributed by atoms with Gasteiger partial charge in [0.05, 0.1) is 23.1 Å². The van der Waals surface area contributed by atoms with Crippen molar-refractivity contribution in [1.29, 1.82) is 0 Å². The van der Waals surface area contributed by atoms with Crippen molar-refractivity contribution in [2.24, 2.45) is 0 Å². The lowest BCUT2D eigenvalue weighted by Gasteiger charge is -2.37. The van der Waals surface area contributed by atoms with Gasteiger partial charge < -0.3 is 4.57 Å². The number of halogens is 2. The molecule has 1 aromatic heterocycles. The van der Waals surface area contributed by atoms with E-state index in [-0.39, 0.29) is 16.8 Å². The molecular formula is C29H20F2N2O. The summed E-state index contributed by atoms with van der Waals surface area (Å²) in [7, 11) is 0. The molecule has 0 aliphatic rings. The van der Waals surface area contributed by atoms with Crippen molar-refractivity contribution in [3.63, 3.8) is 0 Å². The zero-order valence-electron chi connectivity index (χ0n) is 18.1. The van der Waals surface area contributed by atoms with E-state index in [1.54, 1.807) is 12.5 Å². The maximum atomic E-state index is 14.8. The van der Waals surface area contributed by atoms with Gasteiger partial charge in [-0.25, -0.2) is 13.8 Å². The van der Waals surface area contributed by atoms with Gasteiger partial charge in [-0.15, -0.1) is 0 Å². The van der Waals surface area contributed by atoms with Crippen molar-refractivity contribution in [1.82, 2.24) is 9.55 Å². The Bertz CT molecular complexity index is 1330. The molecule has 0 spiro atoms. The first-order valence-corrected chi connectivity index (χ1v) is 10.8. The lowest BCUT2D eigenvalue weighted by molar-refractivity contribution is 0.112. The molecule has 34 heavy (non-hydrogen) atoms. The van der Waals surface area contributed by atoms with Crippen LogP contribution in [-0.2, 0) is 5.54 Å². The number of imidazole rings is 1. The molecule has 3 nitrogen and oxygen atoms in total. The van der Waals surface area contributed by atoms with E-state index in [9.17, 15) is 13.6 Å². The number of aldehydes is 1. The maximum Gasteiger partial charge on any atom is 0.153 e. The highest BCUT2D eigenvalue weighted by Crippen LogP contribution is 2.41. The van der Waals surface area contributed by atoms with Gasteiger partial charge in [0.15, 0.2) is 6.29 Å². The second-order valence-electron chi connectivity index (χ2n) is 7.91. The van der Waals surface area contributed by atoms with Crippen LogP contribution in [0.25, 0.3) is 11.3 Å². The summed E-state index contributed by atoms with van der Waals surface area (Å²) >= 11 is 0. The van der Waals surface area contributed by atoms with E-state index >= 15 is 0 Å². The van der Waals surface area contributed by atoms with Gasteiger partial charge in [-0.3, -0.25) is 4.79 Å².